The first kappa shape index (κ1) is 16.3. The molecule has 0 fully saturated rings. The smallest absolute Gasteiger partial charge is 0.348 e. The van der Waals surface area contributed by atoms with E-state index in [4.69, 9.17) is 0 Å². The number of carbonyl (C=O) groups is 1. The third-order valence-corrected chi connectivity index (χ3v) is 4.83. The molecular weight excluding hydrogens is 310 g/mol. The van der Waals surface area contributed by atoms with Crippen molar-refractivity contribution in [3.05, 3.63) is 28.8 Å². The molecule has 128 valence electrons. The minimum absolute atomic E-state index is 0.0733. The number of Topliss-reactive ketones (excluding diaryl/α,β-unsaturated/α-hetero) is 1. The second-order valence-electron chi connectivity index (χ2n) is 6.20. The van der Waals surface area contributed by atoms with Gasteiger partial charge in [-0.25, -0.2) is 4.68 Å². The third kappa shape index (κ3) is 2.00. The molecule has 2 atom stereocenters. The molecule has 2 aliphatic rings. The maximum Gasteiger partial charge on any atom is 0.348 e. The Bertz CT molecular complexity index is 829. The van der Waals surface area contributed by atoms with Gasteiger partial charge in [0, 0.05) is 12.1 Å². The maximum absolute atomic E-state index is 12.7. The fourth-order valence-electron chi connectivity index (χ4n) is 3.57. The van der Waals surface area contributed by atoms with E-state index >= 15 is 0 Å². The second-order valence-corrected chi connectivity index (χ2v) is 6.20. The van der Waals surface area contributed by atoms with Crippen LogP contribution in [0.2, 0.25) is 0 Å². The molecule has 2 heterocycles. The summed E-state index contributed by atoms with van der Waals surface area (Å²) in [6.07, 6.45) is 1.79. The number of aromatic hydroxyl groups is 1. The summed E-state index contributed by atoms with van der Waals surface area (Å²) >= 11 is 0. The Balaban J connectivity index is 2.04. The Labute approximate surface area is 139 Å². The first-order valence-corrected chi connectivity index (χ1v) is 8.08. The van der Waals surface area contributed by atoms with E-state index in [9.17, 15) is 20.1 Å². The molecule has 0 radical (unpaired) electrons. The molecule has 0 spiro atoms. The van der Waals surface area contributed by atoms with Crippen LogP contribution in [0.15, 0.2) is 17.5 Å². The Morgan fingerprint density at radius 2 is 1.88 bits per heavy atom. The molecule has 0 saturated carbocycles. The number of ketones is 1. The molecule has 1 aromatic heterocycles. The zero-order valence-corrected chi connectivity index (χ0v) is 14.2. The minimum atomic E-state index is -0.809. The summed E-state index contributed by atoms with van der Waals surface area (Å²) in [7, 11) is 0. The molecule has 0 aromatic carbocycles. The molecule has 24 heavy (non-hydrogen) atoms. The monoisotopic (exact) mass is 332 g/mol. The molecule has 7 heteroatoms. The fourth-order valence-corrected chi connectivity index (χ4v) is 3.57. The van der Waals surface area contributed by atoms with Crippen molar-refractivity contribution in [1.29, 1.82) is 0 Å². The van der Waals surface area contributed by atoms with Crippen LogP contribution in [0.3, 0.4) is 0 Å². The van der Waals surface area contributed by atoms with Crippen molar-refractivity contribution < 1.29 is 24.7 Å². The van der Waals surface area contributed by atoms with Crippen LogP contribution in [0.1, 0.15) is 32.0 Å². The zero-order chi connectivity index (χ0) is 17.8. The number of aromatic nitrogens is 2. The highest BCUT2D eigenvalue weighted by Crippen LogP contribution is 2.46. The molecule has 0 bridgehead atoms. The van der Waals surface area contributed by atoms with E-state index in [0.29, 0.717) is 18.8 Å². The molecule has 3 rings (SSSR count). The van der Waals surface area contributed by atoms with Crippen LogP contribution in [-0.4, -0.2) is 47.9 Å². The third-order valence-electron chi connectivity index (χ3n) is 4.83. The quantitative estimate of drug-likeness (QED) is 0.732. The Morgan fingerprint density at radius 3 is 2.33 bits per heavy atom. The summed E-state index contributed by atoms with van der Waals surface area (Å²) < 4.78 is 3.05. The normalized spacial score (nSPS) is 23.8. The summed E-state index contributed by atoms with van der Waals surface area (Å²) in [6.45, 7) is 8.28. The number of hydrogen-bond acceptors (Lipinski definition) is 4. The second kappa shape index (κ2) is 5.51. The molecule has 1 aliphatic carbocycles. The molecule has 1 aliphatic heterocycles. The Hall–Kier alpha value is -2.57. The Morgan fingerprint density at radius 1 is 1.21 bits per heavy atom. The molecule has 2 unspecified atom stereocenters. The lowest BCUT2D eigenvalue weighted by Gasteiger charge is -2.30. The largest absolute Gasteiger partial charge is 0.511 e. The van der Waals surface area contributed by atoms with Crippen molar-refractivity contribution in [2.24, 2.45) is 11.8 Å². The number of rotatable bonds is 4. The zero-order valence-electron chi connectivity index (χ0n) is 14.2. The molecule has 0 amide bonds. The topological polar surface area (TPSA) is 98.6 Å². The minimum Gasteiger partial charge on any atom is -0.511 e. The highest BCUT2D eigenvalue weighted by Gasteiger charge is 2.53. The summed E-state index contributed by atoms with van der Waals surface area (Å²) in [4.78, 5) is 12.7. The van der Waals surface area contributed by atoms with Gasteiger partial charge in [0.05, 0.1) is 16.8 Å². The average Bonchev–Trinajstić information content (AvgIpc) is 2.99. The van der Waals surface area contributed by atoms with E-state index in [-0.39, 0.29) is 34.5 Å². The van der Waals surface area contributed by atoms with E-state index in [2.05, 4.69) is 5.10 Å². The highest BCUT2D eigenvalue weighted by atomic mass is 16.3. The van der Waals surface area contributed by atoms with Gasteiger partial charge in [0.25, 0.3) is 0 Å². The lowest BCUT2D eigenvalue weighted by molar-refractivity contribution is -0.459. The van der Waals surface area contributed by atoms with E-state index in [1.807, 2.05) is 20.8 Å². The van der Waals surface area contributed by atoms with Gasteiger partial charge in [-0.2, -0.15) is 9.67 Å². The van der Waals surface area contributed by atoms with Gasteiger partial charge < -0.3 is 15.3 Å². The van der Waals surface area contributed by atoms with Crippen LogP contribution < -0.4 is 0 Å². The summed E-state index contributed by atoms with van der Waals surface area (Å²) in [5.41, 5.74) is 1.69. The van der Waals surface area contributed by atoms with Gasteiger partial charge in [0.1, 0.15) is 24.1 Å². The summed E-state index contributed by atoms with van der Waals surface area (Å²) in [6, 6.07) is 0. The van der Waals surface area contributed by atoms with Gasteiger partial charge in [-0.05, 0) is 27.7 Å². The summed E-state index contributed by atoms with van der Waals surface area (Å²) in [5.74, 6) is -1.80. The number of aliphatic hydroxyl groups is 2. The van der Waals surface area contributed by atoms with Crippen molar-refractivity contribution in [2.75, 3.05) is 6.54 Å². The van der Waals surface area contributed by atoms with Crippen molar-refractivity contribution >= 4 is 17.3 Å². The van der Waals surface area contributed by atoms with Crippen molar-refractivity contribution in [1.82, 2.24) is 9.78 Å². The first-order chi connectivity index (χ1) is 11.3. The number of hydrogen-bond donors (Lipinski definition) is 3. The number of aryl methyl sites for hydroxylation is 2. The number of carbonyl (C=O) groups excluding carboxylic acids is 1. The van der Waals surface area contributed by atoms with Gasteiger partial charge in [-0.15, -0.1) is 0 Å². The van der Waals surface area contributed by atoms with E-state index in [0.717, 1.165) is 5.57 Å². The number of allylic oxidation sites excluding steroid dienone is 2. The van der Waals surface area contributed by atoms with E-state index in [1.54, 1.807) is 17.7 Å². The first-order valence-electron chi connectivity index (χ1n) is 8.08. The molecule has 0 saturated heterocycles. The maximum atomic E-state index is 12.7. The number of aliphatic hydroxyl groups excluding tert-OH is 2. The van der Waals surface area contributed by atoms with Crippen LogP contribution in [-0.2, 0) is 11.3 Å². The van der Waals surface area contributed by atoms with Gasteiger partial charge in [-0.3, -0.25) is 4.79 Å². The molecule has 1 aromatic rings. The summed E-state index contributed by atoms with van der Waals surface area (Å²) in [5, 5.41) is 35.3. The highest BCUT2D eigenvalue weighted by molar-refractivity contribution is 6.31. The molecular formula is C17H22N3O4+. The predicted molar refractivity (Wildman–Crippen MR) is 88.0 cm³/mol. The van der Waals surface area contributed by atoms with Gasteiger partial charge in [0.2, 0.25) is 5.88 Å². The molecule has 7 nitrogen and oxygen atoms in total. The number of nitrogens with zero attached hydrogens (tertiary/aromatic N) is 3. The van der Waals surface area contributed by atoms with Crippen LogP contribution >= 0.6 is 0 Å². The van der Waals surface area contributed by atoms with Gasteiger partial charge in [0.15, 0.2) is 12.0 Å². The van der Waals surface area contributed by atoms with Gasteiger partial charge >= 0.3 is 5.90 Å². The fraction of sp³-hybridized carbons (Fsp3) is 0.471. The van der Waals surface area contributed by atoms with Crippen LogP contribution in [0, 0.1) is 18.8 Å². The van der Waals surface area contributed by atoms with Crippen LogP contribution in [0.5, 0.6) is 5.88 Å². The predicted octanol–water partition coefficient (Wildman–Crippen LogP) is 1.91. The van der Waals surface area contributed by atoms with E-state index < -0.39 is 11.8 Å². The Kier molecular flexibility index (Phi) is 3.74. The van der Waals surface area contributed by atoms with Crippen molar-refractivity contribution in [2.45, 2.75) is 34.2 Å². The lowest BCUT2D eigenvalue weighted by Crippen LogP contribution is -2.40. The van der Waals surface area contributed by atoms with Gasteiger partial charge in [-0.1, -0.05) is 0 Å². The van der Waals surface area contributed by atoms with Crippen molar-refractivity contribution in [3.63, 3.8) is 0 Å². The average molecular weight is 332 g/mol. The van der Waals surface area contributed by atoms with Crippen LogP contribution in [0.25, 0.3) is 5.57 Å². The van der Waals surface area contributed by atoms with Crippen LogP contribution in [0.4, 0.5) is 0 Å². The standard InChI is InChI=1S/C17H21N3O4/c1-5-19-7-8(3)10(16(19)23)12-14(21)13(15(12)22)11-9(4)18-20(6-2)17(11)24/h7,10,12H,5-6H2,1-4H3,(H2,18,21,22,24)/p+1. The SMILES string of the molecule is CCn1nc(C)c(C2=C(O)C(C3C(C)=C[N+](CC)=C3O)C2=O)c1O. The lowest BCUT2D eigenvalue weighted by atomic mass is 9.70. The molecule has 3 N–H and O–H groups in total. The van der Waals surface area contributed by atoms with Crippen molar-refractivity contribution in [3.8, 4) is 5.88 Å². The van der Waals surface area contributed by atoms with E-state index in [1.165, 1.54) is 4.68 Å².